The number of ether oxygens (including phenoxy) is 1. The van der Waals surface area contributed by atoms with Crippen molar-refractivity contribution in [3.8, 4) is 5.75 Å². The lowest BCUT2D eigenvalue weighted by molar-refractivity contribution is -0.305. The standard InChI is InChI=1S/C33H36FNO5/c1-32(2)15-23-30(25(36)17-32)29(21-10-6-8-12-27(21)40-19-20-9-5-7-11-22(20)34)31-24(35(23)14-13-28(38)39)16-33(3,4)18-26(31)37/h5-12,29H,13-19H2,1-4H3,(H,38,39)/p-1. The minimum atomic E-state index is -1.18. The molecule has 0 bridgehead atoms. The summed E-state index contributed by atoms with van der Waals surface area (Å²) in [5, 5.41) is 11.5. The highest BCUT2D eigenvalue weighted by Gasteiger charge is 2.49. The van der Waals surface area contributed by atoms with Crippen LogP contribution in [0.5, 0.6) is 5.75 Å². The van der Waals surface area contributed by atoms with E-state index in [-0.39, 0.29) is 47.8 Å². The summed E-state index contributed by atoms with van der Waals surface area (Å²) in [4.78, 5) is 41.3. The van der Waals surface area contributed by atoms with Crippen LogP contribution in [0.25, 0.3) is 0 Å². The Labute approximate surface area is 234 Å². The van der Waals surface area contributed by atoms with E-state index in [9.17, 15) is 23.9 Å². The second-order valence-corrected chi connectivity index (χ2v) is 12.7. The molecular formula is C33H35FNO5-. The third kappa shape index (κ3) is 5.34. The van der Waals surface area contributed by atoms with Gasteiger partial charge in [0.25, 0.3) is 0 Å². The zero-order chi connectivity index (χ0) is 28.8. The van der Waals surface area contributed by atoms with Crippen LogP contribution in [0.2, 0.25) is 0 Å². The van der Waals surface area contributed by atoms with Crippen molar-refractivity contribution in [3.05, 3.63) is 88.0 Å². The number of allylic oxidation sites excluding steroid dienone is 4. The summed E-state index contributed by atoms with van der Waals surface area (Å²) in [6.45, 7) is 8.26. The van der Waals surface area contributed by atoms with Crippen molar-refractivity contribution in [2.75, 3.05) is 6.54 Å². The van der Waals surface area contributed by atoms with E-state index < -0.39 is 11.9 Å². The topological polar surface area (TPSA) is 86.7 Å². The quantitative estimate of drug-likeness (QED) is 0.475. The van der Waals surface area contributed by atoms with Crippen molar-refractivity contribution in [3.63, 3.8) is 0 Å². The van der Waals surface area contributed by atoms with Crippen LogP contribution in [0, 0.1) is 16.6 Å². The smallest absolute Gasteiger partial charge is 0.162 e. The molecule has 6 nitrogen and oxygen atoms in total. The van der Waals surface area contributed by atoms with Crippen molar-refractivity contribution >= 4 is 17.5 Å². The first-order valence-corrected chi connectivity index (χ1v) is 13.8. The first-order chi connectivity index (χ1) is 18.9. The Bertz CT molecular complexity index is 1400. The van der Waals surface area contributed by atoms with E-state index in [1.165, 1.54) is 6.07 Å². The van der Waals surface area contributed by atoms with Crippen LogP contribution in [0.15, 0.2) is 71.1 Å². The number of carboxylic acids is 1. The maximum atomic E-state index is 14.4. The van der Waals surface area contributed by atoms with Crippen LogP contribution in [-0.4, -0.2) is 29.0 Å². The second-order valence-electron chi connectivity index (χ2n) is 12.7. The highest BCUT2D eigenvalue weighted by molar-refractivity contribution is 6.07. The highest BCUT2D eigenvalue weighted by Crippen LogP contribution is 2.55. The summed E-state index contributed by atoms with van der Waals surface area (Å²) in [6.07, 6.45) is 1.56. The van der Waals surface area contributed by atoms with Crippen LogP contribution in [0.3, 0.4) is 0 Å². The molecule has 2 aromatic rings. The lowest BCUT2D eigenvalue weighted by atomic mass is 9.63. The van der Waals surface area contributed by atoms with E-state index in [2.05, 4.69) is 0 Å². The Morgan fingerprint density at radius 1 is 0.900 bits per heavy atom. The molecule has 0 amide bonds. The maximum Gasteiger partial charge on any atom is 0.162 e. The zero-order valence-corrected chi connectivity index (χ0v) is 23.5. The van der Waals surface area contributed by atoms with Crippen LogP contribution in [0.4, 0.5) is 4.39 Å². The molecule has 0 atom stereocenters. The van der Waals surface area contributed by atoms with Crippen molar-refractivity contribution in [2.24, 2.45) is 10.8 Å². The summed E-state index contributed by atoms with van der Waals surface area (Å²) in [5.74, 6) is -1.82. The number of carbonyl (C=O) groups excluding carboxylic acids is 3. The molecule has 0 unspecified atom stereocenters. The van der Waals surface area contributed by atoms with Gasteiger partial charge in [0.15, 0.2) is 11.6 Å². The van der Waals surface area contributed by atoms with Crippen LogP contribution < -0.4 is 9.84 Å². The molecular weight excluding hydrogens is 509 g/mol. The van der Waals surface area contributed by atoms with E-state index >= 15 is 0 Å². The summed E-state index contributed by atoms with van der Waals surface area (Å²) >= 11 is 0. The Hall–Kier alpha value is -3.74. The normalized spacial score (nSPS) is 20.4. The van der Waals surface area contributed by atoms with Gasteiger partial charge in [-0.15, -0.1) is 0 Å². The first kappa shape index (κ1) is 27.8. The predicted octanol–water partition coefficient (Wildman–Crippen LogP) is 5.23. The number of para-hydroxylation sites is 1. The summed E-state index contributed by atoms with van der Waals surface area (Å²) in [6, 6.07) is 13.7. The molecule has 0 radical (unpaired) electrons. The van der Waals surface area contributed by atoms with Crippen molar-refractivity contribution in [2.45, 2.75) is 72.3 Å². The van der Waals surface area contributed by atoms with Gasteiger partial charge in [0.05, 0.1) is 0 Å². The highest BCUT2D eigenvalue weighted by atomic mass is 19.1. The monoisotopic (exact) mass is 544 g/mol. The van der Waals surface area contributed by atoms with E-state index in [0.29, 0.717) is 53.7 Å². The molecule has 7 heteroatoms. The number of carboxylic acid groups (broad SMARTS) is 1. The number of benzene rings is 2. The predicted molar refractivity (Wildman–Crippen MR) is 146 cm³/mol. The SMILES string of the molecule is CC1(C)CC(=O)C2=C(C1)N(CCC(=O)[O-])C1=C(C(=O)CC(C)(C)C1)C2c1ccccc1OCc1ccccc1F. The number of hydrogen-bond donors (Lipinski definition) is 0. The van der Waals surface area contributed by atoms with Crippen LogP contribution >= 0.6 is 0 Å². The molecule has 1 aliphatic heterocycles. The zero-order valence-electron chi connectivity index (χ0n) is 23.5. The number of Topliss-reactive ketones (excluding diaryl/α,β-unsaturated/α-hetero) is 2. The van der Waals surface area contributed by atoms with Crippen LogP contribution in [-0.2, 0) is 21.0 Å². The van der Waals surface area contributed by atoms with Crippen LogP contribution in [0.1, 0.15) is 76.8 Å². The van der Waals surface area contributed by atoms with Gasteiger partial charge in [0.2, 0.25) is 0 Å². The van der Waals surface area contributed by atoms with E-state index in [0.717, 1.165) is 11.4 Å². The lowest BCUT2D eigenvalue weighted by Crippen LogP contribution is -2.45. The van der Waals surface area contributed by atoms with Gasteiger partial charge < -0.3 is 19.5 Å². The molecule has 210 valence electrons. The molecule has 1 heterocycles. The summed E-state index contributed by atoms with van der Waals surface area (Å²) < 4.78 is 20.5. The molecule has 0 saturated heterocycles. The molecule has 0 saturated carbocycles. The minimum absolute atomic E-state index is 0.00604. The molecule has 2 aromatic carbocycles. The molecule has 3 aliphatic rings. The van der Waals surface area contributed by atoms with Gasteiger partial charge in [0, 0.05) is 71.4 Å². The fraction of sp³-hybridized carbons (Fsp3) is 0.424. The van der Waals surface area contributed by atoms with Gasteiger partial charge in [-0.05, 0) is 35.8 Å². The van der Waals surface area contributed by atoms with Crippen molar-refractivity contribution < 1.29 is 28.6 Å². The number of ketones is 2. The number of halogens is 1. The van der Waals surface area contributed by atoms with Gasteiger partial charge in [-0.25, -0.2) is 4.39 Å². The van der Waals surface area contributed by atoms with E-state index in [1.54, 1.807) is 24.3 Å². The number of nitrogens with zero attached hydrogens (tertiary/aromatic N) is 1. The second kappa shape index (κ2) is 10.3. The Kier molecular flexibility index (Phi) is 7.19. The Balaban J connectivity index is 1.68. The molecule has 2 aliphatic carbocycles. The Morgan fingerprint density at radius 2 is 1.45 bits per heavy atom. The van der Waals surface area contributed by atoms with Gasteiger partial charge in [-0.1, -0.05) is 64.1 Å². The average Bonchev–Trinajstić information content (AvgIpc) is 2.85. The average molecular weight is 545 g/mol. The molecule has 0 fully saturated rings. The number of hydrogen-bond acceptors (Lipinski definition) is 6. The third-order valence-corrected chi connectivity index (χ3v) is 8.13. The van der Waals surface area contributed by atoms with E-state index in [1.807, 2.05) is 50.8 Å². The molecule has 5 rings (SSSR count). The lowest BCUT2D eigenvalue weighted by Gasteiger charge is -2.49. The Morgan fingerprint density at radius 3 is 2.02 bits per heavy atom. The van der Waals surface area contributed by atoms with Gasteiger partial charge in [0.1, 0.15) is 18.2 Å². The largest absolute Gasteiger partial charge is 0.550 e. The maximum absolute atomic E-state index is 14.4. The first-order valence-electron chi connectivity index (χ1n) is 13.8. The van der Waals surface area contributed by atoms with Gasteiger partial charge in [-0.3, -0.25) is 9.59 Å². The van der Waals surface area contributed by atoms with Crippen molar-refractivity contribution in [1.82, 2.24) is 4.90 Å². The van der Waals surface area contributed by atoms with Crippen molar-refractivity contribution in [1.29, 1.82) is 0 Å². The number of carbonyl (C=O) groups is 3. The van der Waals surface area contributed by atoms with Gasteiger partial charge >= 0.3 is 0 Å². The number of rotatable bonds is 7. The summed E-state index contributed by atoms with van der Waals surface area (Å²) in [7, 11) is 0. The minimum Gasteiger partial charge on any atom is -0.550 e. The summed E-state index contributed by atoms with van der Waals surface area (Å²) in [5.41, 5.74) is 3.06. The number of aliphatic carboxylic acids is 1. The third-order valence-electron chi connectivity index (χ3n) is 8.13. The molecule has 0 N–H and O–H groups in total. The molecule has 0 aromatic heterocycles. The molecule has 0 spiro atoms. The van der Waals surface area contributed by atoms with Gasteiger partial charge in [-0.2, -0.15) is 0 Å². The fourth-order valence-corrected chi connectivity index (χ4v) is 6.45. The molecule has 40 heavy (non-hydrogen) atoms. The van der Waals surface area contributed by atoms with E-state index in [4.69, 9.17) is 4.74 Å². The fourth-order valence-electron chi connectivity index (χ4n) is 6.45.